The minimum Gasteiger partial charge on any atom is -0.466 e. The van der Waals surface area contributed by atoms with Crippen LogP contribution in [0.2, 0.25) is 0 Å². The zero-order valence-electron chi connectivity index (χ0n) is 21.7. The van der Waals surface area contributed by atoms with Crippen molar-refractivity contribution in [1.29, 1.82) is 0 Å². The summed E-state index contributed by atoms with van der Waals surface area (Å²) >= 11 is 1.44. The molecule has 198 valence electrons. The Kier molecular flexibility index (Phi) is 8.07. The second-order valence-electron chi connectivity index (χ2n) is 8.90. The van der Waals surface area contributed by atoms with Gasteiger partial charge in [-0.05, 0) is 53.3 Å². The first-order chi connectivity index (χ1) is 19.1. The first-order valence-electron chi connectivity index (χ1n) is 12.6. The topological polar surface area (TPSA) is 93.1 Å². The third-order valence-corrected chi connectivity index (χ3v) is 7.22. The van der Waals surface area contributed by atoms with Crippen molar-refractivity contribution >= 4 is 28.8 Å². The lowest BCUT2D eigenvalue weighted by molar-refractivity contribution is -0.136. The summed E-state index contributed by atoms with van der Waals surface area (Å²) in [5.74, 6) is 0.751. The van der Waals surface area contributed by atoms with Gasteiger partial charge in [-0.1, -0.05) is 55.1 Å². The normalized spacial score (nSPS) is 16.3. The monoisotopic (exact) mass is 540 g/mol. The first kappa shape index (κ1) is 26.2. The molecule has 0 spiro atoms. The molecule has 5 rings (SSSR count). The third-order valence-electron chi connectivity index (χ3n) is 6.34. The van der Waals surface area contributed by atoms with Gasteiger partial charge in [-0.15, -0.1) is 0 Å². The molecule has 3 aromatic rings. The Bertz CT molecular complexity index is 1450. The Labute approximate surface area is 231 Å². The number of aliphatic imine (C=N–C) groups is 1. The number of nitrogens with zero attached hydrogens (tertiary/aromatic N) is 3. The largest absolute Gasteiger partial charge is 0.466 e. The third kappa shape index (κ3) is 5.88. The molecule has 1 atom stereocenters. The fraction of sp³-hybridized carbons (Fsp3) is 0.200. The smallest absolute Gasteiger partial charge is 0.338 e. The second-order valence-corrected chi connectivity index (χ2v) is 9.74. The number of nitrogens with one attached hydrogen (secondary N) is 1. The molecule has 1 N–H and O–H groups in total. The number of hydrogen-bond acceptors (Lipinski definition) is 8. The Morgan fingerprint density at radius 1 is 1.05 bits per heavy atom. The van der Waals surface area contributed by atoms with Gasteiger partial charge in [0.2, 0.25) is 5.91 Å². The number of fused-ring (bicyclic) bond motifs is 1. The van der Waals surface area contributed by atoms with Crippen LogP contribution in [-0.4, -0.2) is 34.0 Å². The number of rotatable bonds is 9. The van der Waals surface area contributed by atoms with Crippen LogP contribution in [0.4, 0.5) is 0 Å². The molecule has 0 saturated heterocycles. The number of amides is 1. The summed E-state index contributed by atoms with van der Waals surface area (Å²) in [6.07, 6.45) is 4.10. The van der Waals surface area contributed by atoms with Crippen LogP contribution in [0.5, 0.6) is 11.5 Å². The van der Waals surface area contributed by atoms with E-state index < -0.39 is 12.0 Å². The summed E-state index contributed by atoms with van der Waals surface area (Å²) in [5, 5.41) is 5.60. The molecular weight excluding hydrogens is 512 g/mol. The molecule has 2 aliphatic heterocycles. The number of carbonyl (C=O) groups excluding carboxylic acids is 2. The van der Waals surface area contributed by atoms with E-state index in [-0.39, 0.29) is 12.3 Å². The summed E-state index contributed by atoms with van der Waals surface area (Å²) in [5.41, 5.74) is 3.60. The number of amidine groups is 1. The van der Waals surface area contributed by atoms with Gasteiger partial charge in [-0.25, -0.2) is 9.79 Å². The van der Waals surface area contributed by atoms with E-state index >= 15 is 0 Å². The number of thioether (sulfide) groups is 1. The molecule has 0 radical (unpaired) electrons. The van der Waals surface area contributed by atoms with Crippen molar-refractivity contribution in [2.24, 2.45) is 4.99 Å². The van der Waals surface area contributed by atoms with E-state index in [9.17, 15) is 9.59 Å². The number of ether oxygens (including phenoxy) is 2. The number of hydrogen-bond donors (Lipinski definition) is 1. The molecule has 9 heteroatoms. The molecule has 2 aliphatic rings. The SMILES string of the molecule is CCC1=C(C(=O)OC)C(c2cccc(Oc3ccccc3)c2)N2C(CC(=O)NCc3cccnc3)=CSC2=N1. The highest BCUT2D eigenvalue weighted by molar-refractivity contribution is 8.16. The maximum Gasteiger partial charge on any atom is 0.338 e. The number of pyridine rings is 1. The van der Waals surface area contributed by atoms with Gasteiger partial charge in [-0.2, -0.15) is 0 Å². The van der Waals surface area contributed by atoms with Gasteiger partial charge < -0.3 is 19.7 Å². The van der Waals surface area contributed by atoms with Crippen LogP contribution in [0.1, 0.15) is 36.9 Å². The molecule has 39 heavy (non-hydrogen) atoms. The molecule has 0 bridgehead atoms. The maximum atomic E-state index is 13.2. The second kappa shape index (κ2) is 12.0. The number of para-hydroxylation sites is 1. The molecule has 0 saturated carbocycles. The van der Waals surface area contributed by atoms with E-state index in [2.05, 4.69) is 10.3 Å². The van der Waals surface area contributed by atoms with Crippen molar-refractivity contribution in [1.82, 2.24) is 15.2 Å². The van der Waals surface area contributed by atoms with E-state index in [1.54, 1.807) is 12.4 Å². The predicted molar refractivity (Wildman–Crippen MR) is 151 cm³/mol. The number of carbonyl (C=O) groups is 2. The van der Waals surface area contributed by atoms with E-state index in [1.807, 2.05) is 84.0 Å². The summed E-state index contributed by atoms with van der Waals surface area (Å²) in [7, 11) is 1.37. The molecule has 1 unspecified atom stereocenters. The lowest BCUT2D eigenvalue weighted by Crippen LogP contribution is -2.38. The number of allylic oxidation sites excluding steroid dienone is 1. The molecule has 1 aromatic heterocycles. The fourth-order valence-electron chi connectivity index (χ4n) is 4.53. The summed E-state index contributed by atoms with van der Waals surface area (Å²) < 4.78 is 11.3. The average molecular weight is 541 g/mol. The number of aromatic nitrogens is 1. The quantitative estimate of drug-likeness (QED) is 0.347. The van der Waals surface area contributed by atoms with Crippen molar-refractivity contribution in [3.63, 3.8) is 0 Å². The van der Waals surface area contributed by atoms with Crippen LogP contribution < -0.4 is 10.1 Å². The molecule has 1 amide bonds. The lowest BCUT2D eigenvalue weighted by atomic mass is 9.92. The number of esters is 1. The van der Waals surface area contributed by atoms with Gasteiger partial charge in [0.1, 0.15) is 11.5 Å². The van der Waals surface area contributed by atoms with Crippen LogP contribution in [0.15, 0.2) is 106 Å². The molecular formula is C30H28N4O4S. The first-order valence-corrected chi connectivity index (χ1v) is 13.5. The predicted octanol–water partition coefficient (Wildman–Crippen LogP) is 5.72. The summed E-state index contributed by atoms with van der Waals surface area (Å²) in [6.45, 7) is 2.34. The van der Waals surface area contributed by atoms with Crippen molar-refractivity contribution in [2.75, 3.05) is 7.11 Å². The van der Waals surface area contributed by atoms with Crippen LogP contribution in [0.25, 0.3) is 0 Å². The Morgan fingerprint density at radius 3 is 2.62 bits per heavy atom. The molecule has 8 nitrogen and oxygen atoms in total. The minimum atomic E-state index is -0.536. The van der Waals surface area contributed by atoms with Gasteiger partial charge in [-0.3, -0.25) is 9.78 Å². The van der Waals surface area contributed by atoms with Gasteiger partial charge >= 0.3 is 5.97 Å². The average Bonchev–Trinajstić information content (AvgIpc) is 3.37. The van der Waals surface area contributed by atoms with Gasteiger partial charge in [0, 0.05) is 24.6 Å². The van der Waals surface area contributed by atoms with E-state index in [4.69, 9.17) is 14.5 Å². The van der Waals surface area contributed by atoms with Crippen molar-refractivity contribution < 1.29 is 19.1 Å². The van der Waals surface area contributed by atoms with Crippen molar-refractivity contribution in [3.05, 3.63) is 113 Å². The van der Waals surface area contributed by atoms with Gasteiger partial charge in [0.05, 0.1) is 30.8 Å². The lowest BCUT2D eigenvalue weighted by Gasteiger charge is -2.36. The van der Waals surface area contributed by atoms with E-state index in [0.29, 0.717) is 40.9 Å². The Balaban J connectivity index is 1.46. The van der Waals surface area contributed by atoms with Crippen molar-refractivity contribution in [3.8, 4) is 11.5 Å². The maximum absolute atomic E-state index is 13.2. The highest BCUT2D eigenvalue weighted by Gasteiger charge is 2.41. The van der Waals surface area contributed by atoms with E-state index in [1.165, 1.54) is 18.9 Å². The molecule has 0 aliphatic carbocycles. The Hall–Kier alpha value is -4.37. The van der Waals surface area contributed by atoms with Crippen LogP contribution in [0.3, 0.4) is 0 Å². The number of methoxy groups -OCH3 is 1. The van der Waals surface area contributed by atoms with Crippen LogP contribution in [0, 0.1) is 0 Å². The van der Waals surface area contributed by atoms with Gasteiger partial charge in [0.15, 0.2) is 5.17 Å². The van der Waals surface area contributed by atoms with Gasteiger partial charge in [0.25, 0.3) is 0 Å². The highest BCUT2D eigenvalue weighted by Crippen LogP contribution is 2.46. The standard InChI is InChI=1S/C30H28N4O4S/c1-3-25-27(29(36)37-2)28(21-10-7-13-24(15-21)38-23-11-5-4-6-12-23)34-22(19-39-30(34)33-25)16-26(35)32-18-20-9-8-14-31-17-20/h4-15,17,19,28H,3,16,18H2,1-2H3,(H,32,35). The van der Waals surface area contributed by atoms with Crippen LogP contribution in [-0.2, 0) is 20.9 Å². The zero-order valence-corrected chi connectivity index (χ0v) is 22.5. The summed E-state index contributed by atoms with van der Waals surface area (Å²) in [6, 6.07) is 20.4. The zero-order chi connectivity index (χ0) is 27.2. The number of benzene rings is 2. The fourth-order valence-corrected chi connectivity index (χ4v) is 5.47. The van der Waals surface area contributed by atoms with Crippen molar-refractivity contribution in [2.45, 2.75) is 32.4 Å². The Morgan fingerprint density at radius 2 is 1.87 bits per heavy atom. The molecule has 3 heterocycles. The molecule has 2 aromatic carbocycles. The highest BCUT2D eigenvalue weighted by atomic mass is 32.2. The molecule has 0 fully saturated rings. The summed E-state index contributed by atoms with van der Waals surface area (Å²) in [4.78, 5) is 37.0. The minimum absolute atomic E-state index is 0.124. The van der Waals surface area contributed by atoms with E-state index in [0.717, 1.165) is 16.8 Å². The van der Waals surface area contributed by atoms with Crippen LogP contribution >= 0.6 is 11.8 Å².